The third kappa shape index (κ3) is 2.80. The molecular formula is C26H31FO2. The summed E-state index contributed by atoms with van der Waals surface area (Å²) in [6.45, 7) is 4.56. The molecule has 0 radical (unpaired) electrons. The van der Waals surface area contributed by atoms with Crippen molar-refractivity contribution in [3.8, 4) is 0 Å². The summed E-state index contributed by atoms with van der Waals surface area (Å²) in [5.74, 6) is 1.42. The Hall–Kier alpha value is -1.74. The number of carbonyl (C=O) groups is 1. The van der Waals surface area contributed by atoms with E-state index in [0.717, 1.165) is 50.5 Å². The van der Waals surface area contributed by atoms with E-state index in [-0.39, 0.29) is 28.5 Å². The average Bonchev–Trinajstić information content (AvgIpc) is 2.95. The van der Waals surface area contributed by atoms with Crippen LogP contribution in [0.4, 0.5) is 4.39 Å². The van der Waals surface area contributed by atoms with Gasteiger partial charge in [-0.2, -0.15) is 0 Å². The Morgan fingerprint density at radius 1 is 1.07 bits per heavy atom. The minimum Gasteiger partial charge on any atom is -0.393 e. The quantitative estimate of drug-likeness (QED) is 0.489. The molecule has 3 fully saturated rings. The molecule has 0 aliphatic heterocycles. The van der Waals surface area contributed by atoms with Crippen LogP contribution in [0, 0.1) is 34.4 Å². The van der Waals surface area contributed by atoms with E-state index in [2.05, 4.69) is 19.9 Å². The van der Waals surface area contributed by atoms with Crippen LogP contribution in [0.5, 0.6) is 0 Å². The Balaban J connectivity index is 1.49. The monoisotopic (exact) mass is 394 g/mol. The molecule has 0 spiro atoms. The Labute approximate surface area is 172 Å². The summed E-state index contributed by atoms with van der Waals surface area (Å²) in [6, 6.07) is 6.73. The molecule has 5 rings (SSSR count). The molecule has 0 aromatic heterocycles. The van der Waals surface area contributed by atoms with Gasteiger partial charge in [0, 0.05) is 11.0 Å². The first-order valence-corrected chi connectivity index (χ1v) is 11.2. The number of rotatable bonds is 1. The molecule has 0 unspecified atom stereocenters. The van der Waals surface area contributed by atoms with Gasteiger partial charge in [0.05, 0.1) is 6.10 Å². The summed E-state index contributed by atoms with van der Waals surface area (Å²) in [6.07, 6.45) is 10.6. The largest absolute Gasteiger partial charge is 0.393 e. The lowest BCUT2D eigenvalue weighted by molar-refractivity contribution is -0.130. The molecule has 2 nitrogen and oxygen atoms in total. The van der Waals surface area contributed by atoms with Crippen LogP contribution in [0.2, 0.25) is 0 Å². The molecule has 4 aliphatic carbocycles. The van der Waals surface area contributed by atoms with Crippen LogP contribution in [-0.4, -0.2) is 17.0 Å². The van der Waals surface area contributed by atoms with Gasteiger partial charge in [0.15, 0.2) is 5.78 Å². The zero-order chi connectivity index (χ0) is 20.4. The van der Waals surface area contributed by atoms with Gasteiger partial charge < -0.3 is 5.11 Å². The third-order valence-corrected chi connectivity index (χ3v) is 8.95. The maximum Gasteiger partial charge on any atom is 0.165 e. The topological polar surface area (TPSA) is 37.3 Å². The van der Waals surface area contributed by atoms with Crippen molar-refractivity contribution in [2.24, 2.45) is 28.6 Å². The van der Waals surface area contributed by atoms with Crippen molar-refractivity contribution >= 4 is 11.9 Å². The van der Waals surface area contributed by atoms with E-state index in [1.807, 2.05) is 6.07 Å². The van der Waals surface area contributed by atoms with E-state index < -0.39 is 0 Å². The number of aliphatic hydroxyl groups is 1. The predicted molar refractivity (Wildman–Crippen MR) is 112 cm³/mol. The zero-order valence-corrected chi connectivity index (χ0v) is 17.5. The van der Waals surface area contributed by atoms with Gasteiger partial charge in [0.1, 0.15) is 5.82 Å². The van der Waals surface area contributed by atoms with Crippen molar-refractivity contribution in [1.82, 2.24) is 0 Å². The standard InChI is InChI=1S/C26H31FO2/c1-25-11-9-19(28)15-18(25)7-8-20-21(25)10-12-26(2)22(20)14-17(24(26)29)13-16-5-3-4-6-23(16)27/h3-7,13,19-22,28H,8-12,14-15H2,1-2H3/b17-13+/t19-,20+,21-,22+,25+,26+/m1/s1. The summed E-state index contributed by atoms with van der Waals surface area (Å²) in [7, 11) is 0. The number of benzene rings is 1. The Kier molecular flexibility index (Phi) is 4.40. The number of hydrogen-bond donors (Lipinski definition) is 1. The number of aliphatic hydroxyl groups excluding tert-OH is 1. The number of halogens is 1. The maximum absolute atomic E-state index is 14.2. The molecule has 3 heteroatoms. The molecule has 1 aromatic carbocycles. The Bertz CT molecular complexity index is 915. The van der Waals surface area contributed by atoms with Crippen molar-refractivity contribution in [3.05, 3.63) is 52.9 Å². The number of fused-ring (bicyclic) bond motifs is 5. The van der Waals surface area contributed by atoms with Gasteiger partial charge in [-0.25, -0.2) is 4.39 Å². The van der Waals surface area contributed by atoms with Crippen molar-refractivity contribution in [2.75, 3.05) is 0 Å². The molecule has 1 N–H and O–H groups in total. The number of ketones is 1. The normalized spacial score (nSPS) is 42.8. The molecule has 29 heavy (non-hydrogen) atoms. The maximum atomic E-state index is 14.2. The van der Waals surface area contributed by atoms with Gasteiger partial charge in [0.25, 0.3) is 0 Å². The second kappa shape index (κ2) is 6.63. The van der Waals surface area contributed by atoms with Crippen LogP contribution in [-0.2, 0) is 4.79 Å². The van der Waals surface area contributed by atoms with Gasteiger partial charge in [-0.15, -0.1) is 0 Å². The third-order valence-electron chi connectivity index (χ3n) is 8.95. The first-order chi connectivity index (χ1) is 13.8. The van der Waals surface area contributed by atoms with Crippen LogP contribution in [0.3, 0.4) is 0 Å². The predicted octanol–water partition coefficient (Wildman–Crippen LogP) is 5.71. The van der Waals surface area contributed by atoms with E-state index in [1.165, 1.54) is 11.6 Å². The van der Waals surface area contributed by atoms with Crippen molar-refractivity contribution in [1.29, 1.82) is 0 Å². The van der Waals surface area contributed by atoms with Crippen molar-refractivity contribution in [3.63, 3.8) is 0 Å². The van der Waals surface area contributed by atoms with Crippen molar-refractivity contribution < 1.29 is 14.3 Å². The second-order valence-corrected chi connectivity index (χ2v) is 10.3. The SMILES string of the molecule is C[C@]12CC[C@@H](O)CC1=CC[C@H]1[C@H]2CC[C@]2(C)C(=O)/C(=C/c3ccccc3F)C[C@@H]12. The molecule has 3 saturated carbocycles. The zero-order valence-electron chi connectivity index (χ0n) is 17.5. The highest BCUT2D eigenvalue weighted by Crippen LogP contribution is 2.64. The molecule has 0 amide bonds. The number of Topliss-reactive ketones (excluding diaryl/α,β-unsaturated/α-hetero) is 1. The molecule has 1 aromatic rings. The molecule has 0 heterocycles. The molecule has 154 valence electrons. The average molecular weight is 395 g/mol. The van der Waals surface area contributed by atoms with E-state index in [0.29, 0.717) is 23.3 Å². The molecule has 0 bridgehead atoms. The highest BCUT2D eigenvalue weighted by atomic mass is 19.1. The summed E-state index contributed by atoms with van der Waals surface area (Å²) >= 11 is 0. The fraction of sp³-hybridized carbons (Fsp3) is 0.577. The molecule has 4 aliphatic rings. The first-order valence-electron chi connectivity index (χ1n) is 11.2. The van der Waals surface area contributed by atoms with E-state index in [4.69, 9.17) is 0 Å². The second-order valence-electron chi connectivity index (χ2n) is 10.3. The van der Waals surface area contributed by atoms with Crippen LogP contribution in [0.25, 0.3) is 6.08 Å². The Morgan fingerprint density at radius 2 is 1.83 bits per heavy atom. The highest BCUT2D eigenvalue weighted by Gasteiger charge is 2.59. The fourth-order valence-electron chi connectivity index (χ4n) is 7.22. The summed E-state index contributed by atoms with van der Waals surface area (Å²) in [4.78, 5) is 13.4. The van der Waals surface area contributed by atoms with Crippen molar-refractivity contribution in [2.45, 2.75) is 64.9 Å². The minimum atomic E-state index is -0.311. The summed E-state index contributed by atoms with van der Waals surface area (Å²) in [5.41, 5.74) is 2.64. The van der Waals surface area contributed by atoms with E-state index in [9.17, 15) is 14.3 Å². The van der Waals surface area contributed by atoms with E-state index in [1.54, 1.807) is 18.2 Å². The smallest absolute Gasteiger partial charge is 0.165 e. The Morgan fingerprint density at radius 3 is 2.62 bits per heavy atom. The lowest BCUT2D eigenvalue weighted by Crippen LogP contribution is -2.50. The van der Waals surface area contributed by atoms with Gasteiger partial charge in [-0.3, -0.25) is 4.79 Å². The van der Waals surface area contributed by atoms with Crippen LogP contribution in [0.15, 0.2) is 41.5 Å². The van der Waals surface area contributed by atoms with Gasteiger partial charge in [-0.05, 0) is 85.8 Å². The van der Waals surface area contributed by atoms with Crippen LogP contribution < -0.4 is 0 Å². The van der Waals surface area contributed by atoms with Gasteiger partial charge in [0.2, 0.25) is 0 Å². The van der Waals surface area contributed by atoms with Gasteiger partial charge in [-0.1, -0.05) is 43.7 Å². The molecule has 0 saturated heterocycles. The van der Waals surface area contributed by atoms with E-state index >= 15 is 0 Å². The highest BCUT2D eigenvalue weighted by molar-refractivity contribution is 6.06. The molecule has 6 atom stereocenters. The number of carbonyl (C=O) groups excluding carboxylic acids is 1. The van der Waals surface area contributed by atoms with Crippen LogP contribution >= 0.6 is 0 Å². The van der Waals surface area contributed by atoms with Crippen LogP contribution in [0.1, 0.15) is 64.4 Å². The fourth-order valence-corrected chi connectivity index (χ4v) is 7.22. The minimum absolute atomic E-state index is 0.171. The molecular weight excluding hydrogens is 363 g/mol. The lowest BCUT2D eigenvalue weighted by Gasteiger charge is -2.56. The first kappa shape index (κ1) is 19.2. The van der Waals surface area contributed by atoms with Gasteiger partial charge >= 0.3 is 0 Å². The number of hydrogen-bond acceptors (Lipinski definition) is 2. The lowest BCUT2D eigenvalue weighted by atomic mass is 9.48. The summed E-state index contributed by atoms with van der Waals surface area (Å²) < 4.78 is 14.2. The number of allylic oxidation sites excluding steroid dienone is 2. The summed E-state index contributed by atoms with van der Waals surface area (Å²) in [5, 5.41) is 10.2.